The number of amides is 1. The molecule has 0 saturated carbocycles. The molecule has 10 heteroatoms. The maximum Gasteiger partial charge on any atom is 0.331 e. The van der Waals surface area contributed by atoms with Gasteiger partial charge in [-0.15, -0.1) is 10.2 Å². The highest BCUT2D eigenvalue weighted by Gasteiger charge is 2.33. The zero-order valence-electron chi connectivity index (χ0n) is 16.6. The Bertz CT molecular complexity index is 1250. The number of hydrogen-bond acceptors (Lipinski definition) is 7. The molecule has 0 saturated heterocycles. The lowest BCUT2D eigenvalue weighted by atomic mass is 9.92. The van der Waals surface area contributed by atoms with Crippen molar-refractivity contribution in [3.63, 3.8) is 0 Å². The third-order valence-corrected chi connectivity index (χ3v) is 5.71. The van der Waals surface area contributed by atoms with Gasteiger partial charge >= 0.3 is 5.97 Å². The van der Waals surface area contributed by atoms with E-state index in [1.165, 1.54) is 19.2 Å². The summed E-state index contributed by atoms with van der Waals surface area (Å²) in [6.45, 7) is 5.72. The lowest BCUT2D eigenvalue weighted by Gasteiger charge is -2.30. The number of esters is 1. The quantitative estimate of drug-likeness (QED) is 0.433. The van der Waals surface area contributed by atoms with Gasteiger partial charge in [-0.2, -0.15) is 4.99 Å². The second-order valence-electron chi connectivity index (χ2n) is 7.37. The molecule has 2 aromatic rings. The first-order valence-corrected chi connectivity index (χ1v) is 9.73. The first-order chi connectivity index (χ1) is 14.1. The van der Waals surface area contributed by atoms with Crippen LogP contribution in [0, 0.1) is 5.82 Å². The molecule has 0 radical (unpaired) electrons. The topological polar surface area (TPSA) is 106 Å². The van der Waals surface area contributed by atoms with E-state index in [-0.39, 0.29) is 21.6 Å². The van der Waals surface area contributed by atoms with Crippen molar-refractivity contribution < 1.29 is 23.8 Å². The van der Waals surface area contributed by atoms with Crippen LogP contribution in [0.2, 0.25) is 0 Å². The zero-order chi connectivity index (χ0) is 21.8. The Kier molecular flexibility index (Phi) is 4.61. The Balaban J connectivity index is 1.79. The molecular weight excluding hydrogens is 411 g/mol. The molecule has 154 valence electrons. The second-order valence-corrected chi connectivity index (χ2v) is 8.38. The average Bonchev–Trinajstić information content (AvgIpc) is 3.15. The summed E-state index contributed by atoms with van der Waals surface area (Å²) >= 11 is 0.852. The predicted octanol–water partition coefficient (Wildman–Crippen LogP) is 4.41. The SMILES string of the molecule is COC(=O)/C=C1\SC(N=Nc2c(O)n3c4c(cc(F)cc24)C(C)=CC3(C)C)=NC1=O. The van der Waals surface area contributed by atoms with E-state index in [2.05, 4.69) is 20.0 Å². The van der Waals surface area contributed by atoms with Gasteiger partial charge in [0.05, 0.1) is 23.1 Å². The summed E-state index contributed by atoms with van der Waals surface area (Å²) in [4.78, 5) is 27.0. The summed E-state index contributed by atoms with van der Waals surface area (Å²) in [5.74, 6) is -1.97. The molecule has 0 aliphatic carbocycles. The molecule has 30 heavy (non-hydrogen) atoms. The smallest absolute Gasteiger partial charge is 0.331 e. The monoisotopic (exact) mass is 428 g/mol. The molecule has 0 atom stereocenters. The van der Waals surface area contributed by atoms with Gasteiger partial charge in [0.15, 0.2) is 5.69 Å². The molecule has 1 amide bonds. The third-order valence-electron chi connectivity index (χ3n) is 4.84. The fourth-order valence-corrected chi connectivity index (χ4v) is 4.38. The first-order valence-electron chi connectivity index (χ1n) is 8.92. The molecule has 8 nitrogen and oxygen atoms in total. The number of amidine groups is 1. The van der Waals surface area contributed by atoms with Crippen LogP contribution >= 0.6 is 11.8 Å². The summed E-state index contributed by atoms with van der Waals surface area (Å²) in [5, 5.41) is 19.3. The lowest BCUT2D eigenvalue weighted by Crippen LogP contribution is -2.26. The first kappa shape index (κ1) is 20.0. The summed E-state index contributed by atoms with van der Waals surface area (Å²) in [5.41, 5.74) is 1.69. The third kappa shape index (κ3) is 3.13. The van der Waals surface area contributed by atoms with Crippen molar-refractivity contribution in [3.05, 3.63) is 40.6 Å². The molecule has 2 aliphatic heterocycles. The van der Waals surface area contributed by atoms with Crippen molar-refractivity contribution in [1.82, 2.24) is 4.57 Å². The molecule has 1 aromatic heterocycles. The minimum absolute atomic E-state index is 0.00415. The number of thioether (sulfide) groups is 1. The minimum Gasteiger partial charge on any atom is -0.493 e. The van der Waals surface area contributed by atoms with Gasteiger partial charge in [-0.1, -0.05) is 6.08 Å². The summed E-state index contributed by atoms with van der Waals surface area (Å²) < 4.78 is 20.5. The summed E-state index contributed by atoms with van der Waals surface area (Å²) in [7, 11) is 1.20. The molecule has 1 N–H and O–H groups in total. The van der Waals surface area contributed by atoms with Gasteiger partial charge in [-0.25, -0.2) is 9.18 Å². The van der Waals surface area contributed by atoms with Crippen molar-refractivity contribution in [3.8, 4) is 5.88 Å². The van der Waals surface area contributed by atoms with E-state index < -0.39 is 23.2 Å². The number of aromatic nitrogens is 1. The number of benzene rings is 1. The Morgan fingerprint density at radius 1 is 1.37 bits per heavy atom. The number of rotatable bonds is 2. The largest absolute Gasteiger partial charge is 0.493 e. The Hall–Kier alpha value is -3.27. The fourth-order valence-electron chi connectivity index (χ4n) is 3.68. The second kappa shape index (κ2) is 6.91. The molecule has 2 aliphatic rings. The molecule has 0 fully saturated rings. The van der Waals surface area contributed by atoms with E-state index in [1.54, 1.807) is 4.57 Å². The molecule has 0 bridgehead atoms. The van der Waals surface area contributed by atoms with Crippen molar-refractivity contribution in [2.75, 3.05) is 7.11 Å². The van der Waals surface area contributed by atoms with Crippen LogP contribution in [-0.4, -0.2) is 33.8 Å². The predicted molar refractivity (Wildman–Crippen MR) is 111 cm³/mol. The van der Waals surface area contributed by atoms with Gasteiger partial charge in [-0.3, -0.25) is 4.79 Å². The Morgan fingerprint density at radius 3 is 2.80 bits per heavy atom. The molecular formula is C20H17FN4O4S. The highest BCUT2D eigenvalue weighted by Crippen LogP contribution is 2.48. The van der Waals surface area contributed by atoms with Gasteiger partial charge in [-0.05, 0) is 50.2 Å². The fraction of sp³-hybridized carbons (Fsp3) is 0.250. The molecule has 4 rings (SSSR count). The molecule has 0 spiro atoms. The number of aliphatic imine (C=N–C) groups is 1. The standard InChI is InChI=1S/C20H17FN4O4S/c1-9-8-20(2,3)25-16-11(9)5-10(21)6-12(16)15(18(25)28)23-24-19-22-17(27)13(30-19)7-14(26)29-4/h5-8,28H,1-4H3/b13-7-,24-23?. The van der Waals surface area contributed by atoms with Gasteiger partial charge in [0.25, 0.3) is 5.91 Å². The maximum absolute atomic E-state index is 14.3. The molecule has 0 unspecified atom stereocenters. The number of azo groups is 1. The highest BCUT2D eigenvalue weighted by atomic mass is 32.2. The molecule has 3 heterocycles. The van der Waals surface area contributed by atoms with Crippen molar-refractivity contribution in [1.29, 1.82) is 0 Å². The number of aromatic hydroxyl groups is 1. The number of carbonyl (C=O) groups is 2. The molecule has 1 aromatic carbocycles. The van der Waals surface area contributed by atoms with Crippen LogP contribution in [0.15, 0.2) is 44.4 Å². The number of methoxy groups -OCH3 is 1. The van der Waals surface area contributed by atoms with Gasteiger partial charge in [0.1, 0.15) is 5.82 Å². The van der Waals surface area contributed by atoms with E-state index >= 15 is 0 Å². The van der Waals surface area contributed by atoms with Crippen LogP contribution in [0.25, 0.3) is 16.5 Å². The number of nitrogens with zero attached hydrogens (tertiary/aromatic N) is 4. The van der Waals surface area contributed by atoms with Crippen LogP contribution in [0.1, 0.15) is 26.3 Å². The Labute approximate surface area is 174 Å². The van der Waals surface area contributed by atoms with Crippen LogP contribution in [0.4, 0.5) is 10.1 Å². The number of carbonyl (C=O) groups excluding carboxylic acids is 2. The zero-order valence-corrected chi connectivity index (χ0v) is 17.4. The Morgan fingerprint density at radius 2 is 2.10 bits per heavy atom. The van der Waals surface area contributed by atoms with Crippen LogP contribution in [0.5, 0.6) is 5.88 Å². The van der Waals surface area contributed by atoms with Gasteiger partial charge in [0, 0.05) is 17.0 Å². The van der Waals surface area contributed by atoms with Gasteiger partial charge in [0.2, 0.25) is 11.0 Å². The summed E-state index contributed by atoms with van der Waals surface area (Å²) in [6.07, 6.45) is 2.96. The normalized spacial score (nSPS) is 19.0. The van der Waals surface area contributed by atoms with Crippen LogP contribution in [-0.2, 0) is 19.9 Å². The van der Waals surface area contributed by atoms with Crippen molar-refractivity contribution in [2.24, 2.45) is 15.2 Å². The van der Waals surface area contributed by atoms with E-state index in [9.17, 15) is 19.1 Å². The van der Waals surface area contributed by atoms with Gasteiger partial charge < -0.3 is 14.4 Å². The van der Waals surface area contributed by atoms with Crippen molar-refractivity contribution >= 4 is 51.0 Å². The number of allylic oxidation sites excluding steroid dienone is 2. The van der Waals surface area contributed by atoms with E-state index in [4.69, 9.17) is 0 Å². The van der Waals surface area contributed by atoms with E-state index in [1.807, 2.05) is 26.8 Å². The maximum atomic E-state index is 14.3. The van der Waals surface area contributed by atoms with Crippen molar-refractivity contribution in [2.45, 2.75) is 26.3 Å². The van der Waals surface area contributed by atoms with E-state index in [0.717, 1.165) is 23.4 Å². The number of ether oxygens (including phenoxy) is 1. The van der Waals surface area contributed by atoms with Crippen LogP contribution in [0.3, 0.4) is 0 Å². The van der Waals surface area contributed by atoms with Crippen LogP contribution < -0.4 is 0 Å². The van der Waals surface area contributed by atoms with E-state index in [0.29, 0.717) is 16.5 Å². The number of hydrogen-bond donors (Lipinski definition) is 1. The summed E-state index contributed by atoms with van der Waals surface area (Å²) in [6, 6.07) is 2.70. The average molecular weight is 428 g/mol. The number of halogens is 1. The minimum atomic E-state index is -0.688. The highest BCUT2D eigenvalue weighted by molar-refractivity contribution is 8.18. The lowest BCUT2D eigenvalue weighted by molar-refractivity contribution is -0.135.